The molecule has 1 nitrogen and oxygen atoms in total. The highest BCUT2D eigenvalue weighted by Crippen LogP contribution is 2.16. The fourth-order valence-electron chi connectivity index (χ4n) is 1.34. The molecule has 0 N–H and O–H groups in total. The van der Waals surface area contributed by atoms with Crippen molar-refractivity contribution >= 4 is 27.8 Å². The highest BCUT2D eigenvalue weighted by Gasteiger charge is 1.90. The molecule has 0 bridgehead atoms. The van der Waals surface area contributed by atoms with Gasteiger partial charge in [-0.25, -0.2) is 0 Å². The molecule has 82 valence electrons. The molecule has 0 heterocycles. The number of halogens is 1. The number of nitrogens with zero attached hydrogens (tertiary/aromatic N) is 1. The van der Waals surface area contributed by atoms with Gasteiger partial charge in [0.05, 0.1) is 5.69 Å². The van der Waals surface area contributed by atoms with E-state index in [9.17, 15) is 0 Å². The van der Waals surface area contributed by atoms with Gasteiger partial charge in [-0.2, -0.15) is 0 Å². The van der Waals surface area contributed by atoms with Gasteiger partial charge in [-0.05, 0) is 42.0 Å². The van der Waals surface area contributed by atoms with E-state index in [1.165, 1.54) is 0 Å². The first-order chi connectivity index (χ1) is 8.28. The summed E-state index contributed by atoms with van der Waals surface area (Å²) in [5.41, 5.74) is 2.84. The molecular weight excluding hydrogens is 274 g/mol. The minimum Gasteiger partial charge on any atom is -0.256 e. The van der Waals surface area contributed by atoms with E-state index in [0.717, 1.165) is 21.3 Å². The Bertz CT molecular complexity index is 559. The van der Waals surface area contributed by atoms with Crippen molar-refractivity contribution in [2.24, 2.45) is 4.99 Å². The van der Waals surface area contributed by atoms with E-state index >= 15 is 0 Å². The summed E-state index contributed by atoms with van der Waals surface area (Å²) in [6.45, 7) is 0. The van der Waals surface area contributed by atoms with E-state index in [4.69, 9.17) is 6.42 Å². The van der Waals surface area contributed by atoms with Gasteiger partial charge in [-0.3, -0.25) is 4.99 Å². The lowest BCUT2D eigenvalue weighted by molar-refractivity contribution is 1.51. The number of hydrogen-bond donors (Lipinski definition) is 0. The van der Waals surface area contributed by atoms with Crippen LogP contribution < -0.4 is 0 Å². The fourth-order valence-corrected chi connectivity index (χ4v) is 1.61. The second-order valence-electron chi connectivity index (χ2n) is 3.50. The van der Waals surface area contributed by atoms with Gasteiger partial charge in [0.15, 0.2) is 0 Å². The Morgan fingerprint density at radius 3 is 2.24 bits per heavy atom. The summed E-state index contributed by atoms with van der Waals surface area (Å²) >= 11 is 3.39. The Hall–Kier alpha value is -1.85. The highest BCUT2D eigenvalue weighted by atomic mass is 79.9. The summed E-state index contributed by atoms with van der Waals surface area (Å²) in [4.78, 5) is 4.38. The number of aliphatic imine (C=N–C) groups is 1. The van der Waals surface area contributed by atoms with Gasteiger partial charge in [0.1, 0.15) is 0 Å². The minimum atomic E-state index is 0.880. The van der Waals surface area contributed by atoms with Gasteiger partial charge in [0, 0.05) is 16.3 Å². The van der Waals surface area contributed by atoms with Gasteiger partial charge in [-0.1, -0.05) is 34.0 Å². The normalized spacial score (nSPS) is 10.4. The molecule has 17 heavy (non-hydrogen) atoms. The lowest BCUT2D eigenvalue weighted by Gasteiger charge is -1.95. The van der Waals surface area contributed by atoms with E-state index in [0.29, 0.717) is 0 Å². The second kappa shape index (κ2) is 5.47. The SMILES string of the molecule is C#Cc1ccc(C=Nc2ccc(Br)cc2)cc1. The first-order valence-corrected chi connectivity index (χ1v) is 5.93. The Labute approximate surface area is 109 Å². The summed E-state index contributed by atoms with van der Waals surface area (Å²) in [5, 5.41) is 0. The van der Waals surface area contributed by atoms with Crippen LogP contribution in [-0.2, 0) is 0 Å². The second-order valence-corrected chi connectivity index (χ2v) is 4.42. The summed E-state index contributed by atoms with van der Waals surface area (Å²) in [7, 11) is 0. The molecule has 0 atom stereocenters. The molecule has 0 aliphatic rings. The van der Waals surface area contributed by atoms with Crippen molar-refractivity contribution in [3.63, 3.8) is 0 Å². The van der Waals surface area contributed by atoms with Crippen molar-refractivity contribution < 1.29 is 0 Å². The Balaban J connectivity index is 2.14. The predicted octanol–water partition coefficient (Wildman–Crippen LogP) is 4.18. The molecule has 0 spiro atoms. The van der Waals surface area contributed by atoms with Crippen molar-refractivity contribution in [2.45, 2.75) is 0 Å². The van der Waals surface area contributed by atoms with Gasteiger partial charge in [0.2, 0.25) is 0 Å². The zero-order valence-electron chi connectivity index (χ0n) is 9.10. The maximum atomic E-state index is 5.29. The van der Waals surface area contributed by atoms with Crippen LogP contribution in [0.3, 0.4) is 0 Å². The molecule has 0 saturated heterocycles. The van der Waals surface area contributed by atoms with Crippen LogP contribution in [0, 0.1) is 12.3 Å². The zero-order valence-corrected chi connectivity index (χ0v) is 10.7. The monoisotopic (exact) mass is 283 g/mol. The molecule has 0 amide bonds. The van der Waals surface area contributed by atoms with Gasteiger partial charge in [-0.15, -0.1) is 6.42 Å². The van der Waals surface area contributed by atoms with E-state index in [2.05, 4.69) is 26.8 Å². The molecule has 2 aromatic carbocycles. The van der Waals surface area contributed by atoms with Gasteiger partial charge >= 0.3 is 0 Å². The molecule has 0 radical (unpaired) electrons. The highest BCUT2D eigenvalue weighted by molar-refractivity contribution is 9.10. The topological polar surface area (TPSA) is 12.4 Å². The summed E-state index contributed by atoms with van der Waals surface area (Å²) in [5.74, 6) is 2.58. The summed E-state index contributed by atoms with van der Waals surface area (Å²) in [6, 6.07) is 15.6. The number of terminal acetylenes is 1. The molecule has 0 aliphatic heterocycles. The quantitative estimate of drug-likeness (QED) is 0.579. The fraction of sp³-hybridized carbons (Fsp3) is 0. The number of benzene rings is 2. The lowest BCUT2D eigenvalue weighted by atomic mass is 10.1. The van der Waals surface area contributed by atoms with Crippen LogP contribution in [0.25, 0.3) is 0 Å². The molecule has 2 aromatic rings. The Morgan fingerprint density at radius 2 is 1.65 bits per heavy atom. The predicted molar refractivity (Wildman–Crippen MR) is 75.8 cm³/mol. The molecule has 2 heteroatoms. The summed E-state index contributed by atoms with van der Waals surface area (Å²) < 4.78 is 1.05. The van der Waals surface area contributed by atoms with Crippen molar-refractivity contribution in [1.29, 1.82) is 0 Å². The minimum absolute atomic E-state index is 0.880. The largest absolute Gasteiger partial charge is 0.256 e. The Kier molecular flexibility index (Phi) is 3.74. The van der Waals surface area contributed by atoms with Crippen LogP contribution in [0.5, 0.6) is 0 Å². The van der Waals surface area contributed by atoms with Gasteiger partial charge in [0.25, 0.3) is 0 Å². The first kappa shape index (κ1) is 11.6. The van der Waals surface area contributed by atoms with Crippen molar-refractivity contribution in [2.75, 3.05) is 0 Å². The lowest BCUT2D eigenvalue weighted by Crippen LogP contribution is -1.81. The summed E-state index contributed by atoms with van der Waals surface area (Å²) in [6.07, 6.45) is 7.11. The van der Waals surface area contributed by atoms with Gasteiger partial charge < -0.3 is 0 Å². The molecule has 0 unspecified atom stereocenters. The molecule has 0 fully saturated rings. The third kappa shape index (κ3) is 3.30. The standard InChI is InChI=1S/C15H10BrN/c1-2-12-3-5-13(6-4-12)11-17-15-9-7-14(16)8-10-15/h1,3-11H. The van der Waals surface area contributed by atoms with Crippen LogP contribution in [0.1, 0.15) is 11.1 Å². The molecule has 0 aliphatic carbocycles. The average molecular weight is 284 g/mol. The number of rotatable bonds is 2. The van der Waals surface area contributed by atoms with Crippen LogP contribution in [0.4, 0.5) is 5.69 Å². The van der Waals surface area contributed by atoms with E-state index in [1.54, 1.807) is 0 Å². The number of hydrogen-bond acceptors (Lipinski definition) is 1. The van der Waals surface area contributed by atoms with Crippen LogP contribution in [-0.4, -0.2) is 6.21 Å². The average Bonchev–Trinajstić information content (AvgIpc) is 2.39. The van der Waals surface area contributed by atoms with Crippen molar-refractivity contribution in [1.82, 2.24) is 0 Å². The van der Waals surface area contributed by atoms with E-state index in [1.807, 2.05) is 54.7 Å². The Morgan fingerprint density at radius 1 is 1.00 bits per heavy atom. The zero-order chi connectivity index (χ0) is 12.1. The smallest absolute Gasteiger partial charge is 0.0630 e. The first-order valence-electron chi connectivity index (χ1n) is 5.14. The van der Waals surface area contributed by atoms with Crippen LogP contribution >= 0.6 is 15.9 Å². The molecule has 0 saturated carbocycles. The van der Waals surface area contributed by atoms with E-state index in [-0.39, 0.29) is 0 Å². The maximum Gasteiger partial charge on any atom is 0.0630 e. The van der Waals surface area contributed by atoms with Crippen molar-refractivity contribution in [3.8, 4) is 12.3 Å². The van der Waals surface area contributed by atoms with Crippen LogP contribution in [0.2, 0.25) is 0 Å². The molecule has 0 aromatic heterocycles. The third-order valence-electron chi connectivity index (χ3n) is 2.27. The molecule has 2 rings (SSSR count). The molecular formula is C15H10BrN. The van der Waals surface area contributed by atoms with E-state index < -0.39 is 0 Å². The third-order valence-corrected chi connectivity index (χ3v) is 2.80. The maximum absolute atomic E-state index is 5.29. The van der Waals surface area contributed by atoms with Crippen LogP contribution in [0.15, 0.2) is 58.0 Å². The van der Waals surface area contributed by atoms with Crippen molar-refractivity contribution in [3.05, 3.63) is 64.1 Å².